The molecule has 0 spiro atoms. The van der Waals surface area contributed by atoms with E-state index in [1.807, 2.05) is 23.7 Å². The van der Waals surface area contributed by atoms with Gasteiger partial charge in [0.25, 0.3) is 0 Å². The summed E-state index contributed by atoms with van der Waals surface area (Å²) in [7, 11) is 0. The Morgan fingerprint density at radius 1 is 1.53 bits per heavy atom. The molecule has 94 valence electrons. The minimum Gasteiger partial charge on any atom is -0.351 e. The van der Waals surface area contributed by atoms with Gasteiger partial charge < -0.3 is 10.3 Å². The zero-order valence-corrected chi connectivity index (χ0v) is 10.7. The molecular formula is C9H15N5O2S. The average molecular weight is 257 g/mol. The second-order valence-electron chi connectivity index (χ2n) is 3.39. The van der Waals surface area contributed by atoms with Crippen molar-refractivity contribution in [2.24, 2.45) is 5.73 Å². The van der Waals surface area contributed by atoms with Crippen molar-refractivity contribution in [3.63, 3.8) is 0 Å². The van der Waals surface area contributed by atoms with Crippen molar-refractivity contribution in [1.82, 2.24) is 20.1 Å². The molecule has 7 nitrogen and oxygen atoms in total. The first-order valence-electron chi connectivity index (χ1n) is 5.12. The largest absolute Gasteiger partial charge is 0.351 e. The van der Waals surface area contributed by atoms with E-state index in [0.29, 0.717) is 5.16 Å². The molecule has 0 unspecified atom stereocenters. The summed E-state index contributed by atoms with van der Waals surface area (Å²) < 4.78 is 1.89. The molecule has 3 N–H and O–H groups in total. The molecule has 3 amide bonds. The maximum Gasteiger partial charge on any atom is 0.318 e. The summed E-state index contributed by atoms with van der Waals surface area (Å²) >= 11 is 1.24. The quantitative estimate of drug-likeness (QED) is 0.754. The highest BCUT2D eigenvalue weighted by Gasteiger charge is 2.19. The second kappa shape index (κ2) is 5.67. The van der Waals surface area contributed by atoms with Crippen LogP contribution in [0.2, 0.25) is 0 Å². The number of nitrogens with zero attached hydrogens (tertiary/aromatic N) is 3. The molecule has 0 aromatic carbocycles. The van der Waals surface area contributed by atoms with E-state index in [2.05, 4.69) is 10.2 Å². The molecule has 1 atom stereocenters. The monoisotopic (exact) mass is 257 g/mol. The van der Waals surface area contributed by atoms with Gasteiger partial charge in [-0.05, 0) is 20.8 Å². The van der Waals surface area contributed by atoms with Gasteiger partial charge in [-0.2, -0.15) is 0 Å². The summed E-state index contributed by atoms with van der Waals surface area (Å²) in [6.45, 7) is 6.21. The Morgan fingerprint density at radius 2 is 2.18 bits per heavy atom. The van der Waals surface area contributed by atoms with Gasteiger partial charge >= 0.3 is 6.03 Å². The number of nitrogens with two attached hydrogens (primary N) is 1. The standard InChI is InChI=1S/C9H15N5O2S/c1-4-14-6(3)12-13-9(14)17-5(2)7(15)11-8(10)16/h5H,4H2,1-3H3,(H3,10,11,15,16)/t5-/m0/s1. The lowest BCUT2D eigenvalue weighted by atomic mass is 10.4. The Kier molecular flexibility index (Phi) is 4.50. The number of urea groups is 1. The fraction of sp³-hybridized carbons (Fsp3) is 0.556. The first kappa shape index (κ1) is 13.5. The fourth-order valence-corrected chi connectivity index (χ4v) is 2.21. The van der Waals surface area contributed by atoms with Crippen LogP contribution in [0.25, 0.3) is 0 Å². The minimum absolute atomic E-state index is 0.439. The van der Waals surface area contributed by atoms with Crippen molar-refractivity contribution < 1.29 is 9.59 Å². The van der Waals surface area contributed by atoms with Gasteiger partial charge in [-0.3, -0.25) is 10.1 Å². The summed E-state index contributed by atoms with van der Waals surface area (Å²) in [6, 6.07) is -0.851. The third-order valence-electron chi connectivity index (χ3n) is 2.12. The normalized spacial score (nSPS) is 12.2. The van der Waals surface area contributed by atoms with Crippen LogP contribution < -0.4 is 11.1 Å². The molecule has 0 saturated carbocycles. The highest BCUT2D eigenvalue weighted by Crippen LogP contribution is 2.21. The lowest BCUT2D eigenvalue weighted by Gasteiger charge is -2.10. The Labute approximate surface area is 103 Å². The number of carbonyl (C=O) groups is 2. The van der Waals surface area contributed by atoms with Crippen molar-refractivity contribution in [1.29, 1.82) is 0 Å². The van der Waals surface area contributed by atoms with E-state index in [1.54, 1.807) is 6.92 Å². The lowest BCUT2D eigenvalue weighted by molar-refractivity contribution is -0.119. The Morgan fingerprint density at radius 3 is 2.71 bits per heavy atom. The molecule has 1 aromatic heterocycles. The van der Waals surface area contributed by atoms with Crippen LogP contribution in [0.5, 0.6) is 0 Å². The number of aryl methyl sites for hydroxylation is 1. The second-order valence-corrected chi connectivity index (χ2v) is 4.70. The summed E-state index contributed by atoms with van der Waals surface area (Å²) in [4.78, 5) is 22.0. The molecule has 1 aromatic rings. The third kappa shape index (κ3) is 3.45. The first-order chi connectivity index (χ1) is 7.95. The molecule has 1 heterocycles. The van der Waals surface area contributed by atoms with Gasteiger partial charge in [-0.25, -0.2) is 4.79 Å². The smallest absolute Gasteiger partial charge is 0.318 e. The van der Waals surface area contributed by atoms with E-state index < -0.39 is 17.2 Å². The van der Waals surface area contributed by atoms with Gasteiger partial charge in [0, 0.05) is 6.54 Å². The molecule has 0 radical (unpaired) electrons. The maximum atomic E-state index is 11.5. The number of amides is 3. The molecule has 0 aliphatic rings. The van der Waals surface area contributed by atoms with Crippen molar-refractivity contribution in [2.45, 2.75) is 37.7 Å². The number of primary amides is 1. The van der Waals surface area contributed by atoms with E-state index in [1.165, 1.54) is 11.8 Å². The van der Waals surface area contributed by atoms with Gasteiger partial charge in [0.15, 0.2) is 5.16 Å². The molecular weight excluding hydrogens is 242 g/mol. The van der Waals surface area contributed by atoms with E-state index in [4.69, 9.17) is 5.73 Å². The Hall–Kier alpha value is -1.57. The van der Waals surface area contributed by atoms with Crippen molar-refractivity contribution >= 4 is 23.7 Å². The number of aromatic nitrogens is 3. The van der Waals surface area contributed by atoms with Crippen LogP contribution >= 0.6 is 11.8 Å². The highest BCUT2D eigenvalue weighted by atomic mass is 32.2. The number of nitrogens with one attached hydrogen (secondary N) is 1. The van der Waals surface area contributed by atoms with Crippen molar-refractivity contribution in [2.75, 3.05) is 0 Å². The Bertz CT molecular complexity index is 431. The number of carbonyl (C=O) groups excluding carboxylic acids is 2. The van der Waals surface area contributed by atoms with E-state index in [0.717, 1.165) is 12.4 Å². The van der Waals surface area contributed by atoms with Gasteiger partial charge in [-0.1, -0.05) is 11.8 Å². The van der Waals surface area contributed by atoms with Gasteiger partial charge in [0.2, 0.25) is 5.91 Å². The van der Waals surface area contributed by atoms with Crippen LogP contribution in [0.3, 0.4) is 0 Å². The summed E-state index contributed by atoms with van der Waals surface area (Å²) in [5.41, 5.74) is 4.87. The summed E-state index contributed by atoms with van der Waals surface area (Å²) in [5, 5.41) is 10.1. The van der Waals surface area contributed by atoms with E-state index in [-0.39, 0.29) is 0 Å². The van der Waals surface area contributed by atoms with Gasteiger partial charge in [0.05, 0.1) is 5.25 Å². The molecule has 0 fully saturated rings. The van der Waals surface area contributed by atoms with Crippen molar-refractivity contribution in [3.05, 3.63) is 5.82 Å². The molecule has 0 aliphatic heterocycles. The van der Waals surface area contributed by atoms with Crippen LogP contribution in [0.15, 0.2) is 5.16 Å². The Balaban J connectivity index is 2.70. The predicted molar refractivity (Wildman–Crippen MR) is 63.5 cm³/mol. The molecule has 0 bridgehead atoms. The zero-order valence-electron chi connectivity index (χ0n) is 9.93. The van der Waals surface area contributed by atoms with Crippen LogP contribution in [-0.2, 0) is 11.3 Å². The number of imide groups is 1. The summed E-state index contributed by atoms with van der Waals surface area (Å²) in [6.07, 6.45) is 0. The zero-order chi connectivity index (χ0) is 13.0. The van der Waals surface area contributed by atoms with E-state index >= 15 is 0 Å². The summed E-state index contributed by atoms with van der Waals surface area (Å²) in [5.74, 6) is 0.350. The molecule has 1 rings (SSSR count). The molecule has 0 saturated heterocycles. The topological polar surface area (TPSA) is 103 Å². The minimum atomic E-state index is -0.851. The number of rotatable bonds is 4. The molecule has 0 aliphatic carbocycles. The average Bonchev–Trinajstić information content (AvgIpc) is 2.58. The number of thioether (sulfide) groups is 1. The number of hydrogen-bond donors (Lipinski definition) is 2. The first-order valence-corrected chi connectivity index (χ1v) is 6.00. The van der Waals surface area contributed by atoms with Crippen LogP contribution in [-0.4, -0.2) is 32.0 Å². The SMILES string of the molecule is CCn1c(C)nnc1S[C@@H](C)C(=O)NC(N)=O. The number of hydrogen-bond acceptors (Lipinski definition) is 5. The molecule has 8 heteroatoms. The third-order valence-corrected chi connectivity index (χ3v) is 3.20. The highest BCUT2D eigenvalue weighted by molar-refractivity contribution is 8.00. The van der Waals surface area contributed by atoms with Gasteiger partial charge in [0.1, 0.15) is 5.82 Å². The maximum absolute atomic E-state index is 11.5. The van der Waals surface area contributed by atoms with E-state index in [9.17, 15) is 9.59 Å². The van der Waals surface area contributed by atoms with Crippen LogP contribution in [0.1, 0.15) is 19.7 Å². The van der Waals surface area contributed by atoms with Crippen LogP contribution in [0.4, 0.5) is 4.79 Å². The van der Waals surface area contributed by atoms with Crippen LogP contribution in [0, 0.1) is 6.92 Å². The van der Waals surface area contributed by atoms with Gasteiger partial charge in [-0.15, -0.1) is 10.2 Å². The predicted octanol–water partition coefficient (Wildman–Crippen LogP) is 0.282. The fourth-order valence-electron chi connectivity index (χ4n) is 1.25. The van der Waals surface area contributed by atoms with Crippen molar-refractivity contribution in [3.8, 4) is 0 Å². The lowest BCUT2D eigenvalue weighted by Crippen LogP contribution is -2.39. The molecule has 17 heavy (non-hydrogen) atoms.